The highest BCUT2D eigenvalue weighted by molar-refractivity contribution is 5.92. The van der Waals surface area contributed by atoms with Crippen LogP contribution in [0, 0.1) is 0 Å². The lowest BCUT2D eigenvalue weighted by Crippen LogP contribution is -2.64. The second kappa shape index (κ2) is 9.79. The summed E-state index contributed by atoms with van der Waals surface area (Å²) in [5.41, 5.74) is -3.14. The first-order chi connectivity index (χ1) is 10.3. The molecular weight excluding hydrogens is 288 g/mol. The van der Waals surface area contributed by atoms with Crippen molar-refractivity contribution < 1.29 is 28.5 Å². The van der Waals surface area contributed by atoms with Gasteiger partial charge in [0.2, 0.25) is 11.2 Å². The SMILES string of the molecule is CCCOC(=O)C(C)(OCC)C(C)(OCC)C(=O)OCCC. The van der Waals surface area contributed by atoms with Crippen LogP contribution in [0.15, 0.2) is 0 Å². The number of carbonyl (C=O) groups is 2. The van der Waals surface area contributed by atoms with Crippen LogP contribution in [-0.2, 0) is 28.5 Å². The maximum Gasteiger partial charge on any atom is 0.341 e. The van der Waals surface area contributed by atoms with Crippen molar-refractivity contribution in [3.8, 4) is 0 Å². The van der Waals surface area contributed by atoms with Crippen LogP contribution in [0.5, 0.6) is 0 Å². The van der Waals surface area contributed by atoms with Crippen molar-refractivity contribution in [2.75, 3.05) is 26.4 Å². The summed E-state index contributed by atoms with van der Waals surface area (Å²) in [6, 6.07) is 0. The zero-order chi connectivity index (χ0) is 17.2. The molecule has 0 saturated carbocycles. The molecule has 22 heavy (non-hydrogen) atoms. The third kappa shape index (κ3) is 4.68. The van der Waals surface area contributed by atoms with Gasteiger partial charge in [-0.3, -0.25) is 0 Å². The molecule has 0 aliphatic rings. The summed E-state index contributed by atoms with van der Waals surface area (Å²) in [4.78, 5) is 25.0. The summed E-state index contributed by atoms with van der Waals surface area (Å²) >= 11 is 0. The number of hydrogen-bond acceptors (Lipinski definition) is 6. The van der Waals surface area contributed by atoms with Gasteiger partial charge in [-0.1, -0.05) is 13.8 Å². The topological polar surface area (TPSA) is 71.1 Å². The van der Waals surface area contributed by atoms with Crippen LogP contribution in [0.1, 0.15) is 54.4 Å². The average Bonchev–Trinajstić information content (AvgIpc) is 2.50. The second-order valence-corrected chi connectivity index (χ2v) is 5.20. The first-order valence-corrected chi connectivity index (χ1v) is 7.96. The van der Waals surface area contributed by atoms with E-state index in [1.807, 2.05) is 13.8 Å². The molecule has 0 aromatic rings. The third-order valence-corrected chi connectivity index (χ3v) is 3.43. The van der Waals surface area contributed by atoms with Crippen molar-refractivity contribution in [3.05, 3.63) is 0 Å². The largest absolute Gasteiger partial charge is 0.463 e. The average molecular weight is 318 g/mol. The van der Waals surface area contributed by atoms with E-state index in [0.717, 1.165) is 0 Å². The summed E-state index contributed by atoms with van der Waals surface area (Å²) in [5, 5.41) is 0. The first-order valence-electron chi connectivity index (χ1n) is 7.96. The van der Waals surface area contributed by atoms with Gasteiger partial charge >= 0.3 is 11.9 Å². The predicted octanol–water partition coefficient (Wildman–Crippen LogP) is 2.48. The normalized spacial score (nSPS) is 16.5. The Balaban J connectivity index is 5.56. The van der Waals surface area contributed by atoms with Crippen LogP contribution in [0.2, 0.25) is 0 Å². The fourth-order valence-corrected chi connectivity index (χ4v) is 2.03. The van der Waals surface area contributed by atoms with E-state index in [-0.39, 0.29) is 26.4 Å². The second-order valence-electron chi connectivity index (χ2n) is 5.20. The molecule has 0 aromatic carbocycles. The van der Waals surface area contributed by atoms with E-state index in [1.54, 1.807) is 13.8 Å². The molecule has 2 unspecified atom stereocenters. The minimum Gasteiger partial charge on any atom is -0.463 e. The molecule has 0 aliphatic carbocycles. The van der Waals surface area contributed by atoms with Gasteiger partial charge in [-0.05, 0) is 40.5 Å². The number of carbonyl (C=O) groups excluding carboxylic acids is 2. The van der Waals surface area contributed by atoms with Crippen LogP contribution >= 0.6 is 0 Å². The fraction of sp³-hybridized carbons (Fsp3) is 0.875. The Kier molecular flexibility index (Phi) is 9.28. The summed E-state index contributed by atoms with van der Waals surface area (Å²) < 4.78 is 21.6. The van der Waals surface area contributed by atoms with Gasteiger partial charge in [0.1, 0.15) is 0 Å². The molecule has 0 aromatic heterocycles. The van der Waals surface area contributed by atoms with Gasteiger partial charge in [0, 0.05) is 13.2 Å². The van der Waals surface area contributed by atoms with Crippen LogP contribution in [-0.4, -0.2) is 49.6 Å². The smallest absolute Gasteiger partial charge is 0.341 e. The molecular formula is C16H30O6. The molecule has 2 atom stereocenters. The van der Waals surface area contributed by atoms with Gasteiger partial charge in [0.05, 0.1) is 13.2 Å². The maximum atomic E-state index is 12.5. The number of ether oxygens (including phenoxy) is 4. The van der Waals surface area contributed by atoms with Gasteiger partial charge in [-0.25, -0.2) is 9.59 Å². The third-order valence-electron chi connectivity index (χ3n) is 3.43. The Labute approximate surface area is 133 Å². The number of hydrogen-bond donors (Lipinski definition) is 0. The zero-order valence-corrected chi connectivity index (χ0v) is 14.7. The van der Waals surface area contributed by atoms with E-state index in [9.17, 15) is 9.59 Å². The molecule has 6 nitrogen and oxygen atoms in total. The molecule has 0 saturated heterocycles. The molecule has 0 heterocycles. The van der Waals surface area contributed by atoms with E-state index < -0.39 is 23.1 Å². The van der Waals surface area contributed by atoms with E-state index >= 15 is 0 Å². The highest BCUT2D eigenvalue weighted by Crippen LogP contribution is 2.33. The Morgan fingerprint density at radius 2 is 1.05 bits per heavy atom. The van der Waals surface area contributed by atoms with E-state index in [2.05, 4.69) is 0 Å². The van der Waals surface area contributed by atoms with Crippen LogP contribution in [0.4, 0.5) is 0 Å². The van der Waals surface area contributed by atoms with Crippen molar-refractivity contribution in [1.29, 1.82) is 0 Å². The standard InChI is InChI=1S/C16H30O6/c1-7-11-19-13(17)15(5,21-9-3)16(6,22-10-4)14(18)20-12-8-2/h7-12H2,1-6H3. The Morgan fingerprint density at radius 3 is 1.27 bits per heavy atom. The molecule has 0 bridgehead atoms. The molecule has 0 amide bonds. The van der Waals surface area contributed by atoms with Gasteiger partial charge in [0.15, 0.2) is 0 Å². The van der Waals surface area contributed by atoms with Crippen molar-refractivity contribution in [2.45, 2.75) is 65.6 Å². The monoisotopic (exact) mass is 318 g/mol. The maximum absolute atomic E-state index is 12.5. The van der Waals surface area contributed by atoms with Gasteiger partial charge in [-0.2, -0.15) is 0 Å². The molecule has 0 fully saturated rings. The minimum atomic E-state index is -1.57. The Bertz CT molecular complexity index is 323. The quantitative estimate of drug-likeness (QED) is 0.545. The van der Waals surface area contributed by atoms with Gasteiger partial charge in [-0.15, -0.1) is 0 Å². The Morgan fingerprint density at radius 1 is 0.727 bits per heavy atom. The van der Waals surface area contributed by atoms with E-state index in [1.165, 1.54) is 13.8 Å². The molecule has 130 valence electrons. The molecule has 0 spiro atoms. The number of esters is 2. The highest BCUT2D eigenvalue weighted by atomic mass is 16.6. The highest BCUT2D eigenvalue weighted by Gasteiger charge is 2.59. The zero-order valence-electron chi connectivity index (χ0n) is 14.7. The lowest BCUT2D eigenvalue weighted by atomic mass is 9.85. The lowest BCUT2D eigenvalue weighted by molar-refractivity contribution is -0.226. The summed E-state index contributed by atoms with van der Waals surface area (Å²) in [6.07, 6.45) is 1.36. The minimum absolute atomic E-state index is 0.238. The predicted molar refractivity (Wildman–Crippen MR) is 82.6 cm³/mol. The molecule has 0 rings (SSSR count). The molecule has 0 aliphatic heterocycles. The fourth-order valence-electron chi connectivity index (χ4n) is 2.03. The van der Waals surface area contributed by atoms with Crippen molar-refractivity contribution in [3.63, 3.8) is 0 Å². The lowest BCUT2D eigenvalue weighted by Gasteiger charge is -2.41. The molecule has 0 N–H and O–H groups in total. The van der Waals surface area contributed by atoms with Crippen molar-refractivity contribution in [2.24, 2.45) is 0 Å². The van der Waals surface area contributed by atoms with E-state index in [0.29, 0.717) is 12.8 Å². The first kappa shape index (κ1) is 20.9. The van der Waals surface area contributed by atoms with Gasteiger partial charge < -0.3 is 18.9 Å². The summed E-state index contributed by atoms with van der Waals surface area (Å²) in [5.74, 6) is -1.25. The molecule has 6 heteroatoms. The summed E-state index contributed by atoms with van der Waals surface area (Å²) in [7, 11) is 0. The van der Waals surface area contributed by atoms with E-state index in [4.69, 9.17) is 18.9 Å². The molecule has 0 radical (unpaired) electrons. The van der Waals surface area contributed by atoms with Crippen molar-refractivity contribution in [1.82, 2.24) is 0 Å². The van der Waals surface area contributed by atoms with Crippen molar-refractivity contribution >= 4 is 11.9 Å². The summed E-state index contributed by atoms with van der Waals surface area (Å²) in [6.45, 7) is 11.3. The van der Waals surface area contributed by atoms with Crippen LogP contribution < -0.4 is 0 Å². The van der Waals surface area contributed by atoms with Gasteiger partial charge in [0.25, 0.3) is 0 Å². The van der Waals surface area contributed by atoms with Crippen LogP contribution in [0.25, 0.3) is 0 Å². The van der Waals surface area contributed by atoms with Crippen LogP contribution in [0.3, 0.4) is 0 Å². The Hall–Kier alpha value is -1.14. The number of rotatable bonds is 11.